The molecule has 2 N–H and O–H groups in total. The number of hydrogen-bond donors (Lipinski definition) is 1. The van der Waals surface area contributed by atoms with E-state index in [4.69, 9.17) is 10.5 Å². The number of thiophene rings is 1. The molecule has 0 bridgehead atoms. The molecule has 0 saturated heterocycles. The Morgan fingerprint density at radius 3 is 2.71 bits per heavy atom. The van der Waals surface area contributed by atoms with Crippen LogP contribution in [0.15, 0.2) is 46.0 Å². The molecule has 1 atom stereocenters. The van der Waals surface area contributed by atoms with Crippen molar-refractivity contribution in [2.24, 2.45) is 5.73 Å². The van der Waals surface area contributed by atoms with Crippen molar-refractivity contribution in [3.05, 3.63) is 41.8 Å². The van der Waals surface area contributed by atoms with Crippen molar-refractivity contribution in [1.82, 2.24) is 0 Å². The lowest BCUT2D eigenvalue weighted by Gasteiger charge is -2.33. The lowest BCUT2D eigenvalue weighted by atomic mass is 10.2. The van der Waals surface area contributed by atoms with Crippen molar-refractivity contribution in [2.45, 2.75) is 10.3 Å². The van der Waals surface area contributed by atoms with E-state index in [-0.39, 0.29) is 10.8 Å². The van der Waals surface area contributed by atoms with E-state index in [0.717, 1.165) is 11.3 Å². The molecule has 21 heavy (non-hydrogen) atoms. The SMILES string of the molecule is NC(=O)[C@@H]1CN(S(=O)(=O)c2cccs2)c2ccccc2O1. The minimum Gasteiger partial charge on any atom is -0.476 e. The number of ether oxygens (including phenoxy) is 1. The fraction of sp³-hybridized carbons (Fsp3) is 0.154. The highest BCUT2D eigenvalue weighted by atomic mass is 32.2. The lowest BCUT2D eigenvalue weighted by Crippen LogP contribution is -2.49. The van der Waals surface area contributed by atoms with Gasteiger partial charge in [0.1, 0.15) is 9.96 Å². The van der Waals surface area contributed by atoms with Crippen molar-refractivity contribution in [3.63, 3.8) is 0 Å². The van der Waals surface area contributed by atoms with Gasteiger partial charge in [0, 0.05) is 0 Å². The number of nitrogens with two attached hydrogens (primary N) is 1. The minimum absolute atomic E-state index is 0.132. The fourth-order valence-corrected chi connectivity index (χ4v) is 4.68. The van der Waals surface area contributed by atoms with Crippen molar-refractivity contribution in [2.75, 3.05) is 10.8 Å². The first-order chi connectivity index (χ1) is 10.00. The largest absolute Gasteiger partial charge is 0.476 e. The van der Waals surface area contributed by atoms with E-state index in [1.165, 1.54) is 10.4 Å². The molecule has 6 nitrogen and oxygen atoms in total. The van der Waals surface area contributed by atoms with Gasteiger partial charge in [0.2, 0.25) is 0 Å². The highest BCUT2D eigenvalue weighted by Crippen LogP contribution is 2.37. The van der Waals surface area contributed by atoms with Gasteiger partial charge in [-0.2, -0.15) is 0 Å². The van der Waals surface area contributed by atoms with Crippen molar-refractivity contribution in [1.29, 1.82) is 0 Å². The number of para-hydroxylation sites is 2. The second-order valence-corrected chi connectivity index (χ2v) is 7.48. The fourth-order valence-electron chi connectivity index (χ4n) is 2.10. The topological polar surface area (TPSA) is 89.7 Å². The number of carbonyl (C=O) groups is 1. The molecule has 0 aliphatic carbocycles. The van der Waals surface area contributed by atoms with E-state index in [0.29, 0.717) is 11.4 Å². The molecule has 0 radical (unpaired) electrons. The smallest absolute Gasteiger partial charge is 0.274 e. The summed E-state index contributed by atoms with van der Waals surface area (Å²) in [6.45, 7) is -0.132. The van der Waals surface area contributed by atoms with Crippen LogP contribution >= 0.6 is 11.3 Å². The number of carbonyl (C=O) groups excluding carboxylic acids is 1. The highest BCUT2D eigenvalue weighted by Gasteiger charge is 2.36. The number of anilines is 1. The average Bonchev–Trinajstić information content (AvgIpc) is 3.00. The monoisotopic (exact) mass is 324 g/mol. The molecule has 0 fully saturated rings. The van der Waals surface area contributed by atoms with Crippen molar-refractivity contribution in [3.8, 4) is 5.75 Å². The summed E-state index contributed by atoms with van der Waals surface area (Å²) in [5.41, 5.74) is 5.67. The van der Waals surface area contributed by atoms with Gasteiger partial charge in [-0.25, -0.2) is 8.42 Å². The zero-order valence-electron chi connectivity index (χ0n) is 10.8. The van der Waals surface area contributed by atoms with Gasteiger partial charge < -0.3 is 10.5 Å². The number of amides is 1. The summed E-state index contributed by atoms with van der Waals surface area (Å²) in [4.78, 5) is 11.4. The number of sulfonamides is 1. The normalized spacial score (nSPS) is 17.9. The third-order valence-electron chi connectivity index (χ3n) is 3.09. The molecule has 110 valence electrons. The molecule has 1 aliphatic rings. The number of benzene rings is 1. The zero-order valence-corrected chi connectivity index (χ0v) is 12.4. The molecule has 1 aromatic carbocycles. The molecular formula is C13H12N2O4S2. The van der Waals surface area contributed by atoms with E-state index in [1.54, 1.807) is 35.7 Å². The van der Waals surface area contributed by atoms with Gasteiger partial charge in [0.05, 0.1) is 12.2 Å². The van der Waals surface area contributed by atoms with Crippen molar-refractivity contribution < 1.29 is 17.9 Å². The lowest BCUT2D eigenvalue weighted by molar-refractivity contribution is -0.124. The van der Waals surface area contributed by atoms with Gasteiger partial charge in [-0.1, -0.05) is 18.2 Å². The van der Waals surface area contributed by atoms with Gasteiger partial charge in [-0.3, -0.25) is 9.10 Å². The van der Waals surface area contributed by atoms with E-state index in [2.05, 4.69) is 0 Å². The number of rotatable bonds is 3. The number of primary amides is 1. The molecule has 2 aromatic rings. The average molecular weight is 324 g/mol. The van der Waals surface area contributed by atoms with Gasteiger partial charge in [-0.15, -0.1) is 11.3 Å². The Morgan fingerprint density at radius 2 is 2.05 bits per heavy atom. The predicted molar refractivity (Wildman–Crippen MR) is 78.9 cm³/mol. The predicted octanol–water partition coefficient (Wildman–Crippen LogP) is 1.19. The maximum absolute atomic E-state index is 12.7. The van der Waals surface area contributed by atoms with Gasteiger partial charge in [0.15, 0.2) is 6.10 Å². The van der Waals surface area contributed by atoms with Crippen LogP contribution in [0.25, 0.3) is 0 Å². The summed E-state index contributed by atoms with van der Waals surface area (Å²) in [5.74, 6) is -0.372. The Bertz CT molecular complexity index is 771. The number of fused-ring (bicyclic) bond motifs is 1. The molecule has 8 heteroatoms. The standard InChI is InChI=1S/C13H12N2O4S2/c14-13(16)11-8-15(9-4-1-2-5-10(9)19-11)21(17,18)12-6-3-7-20-12/h1-7,11H,8H2,(H2,14,16)/t11-/m0/s1. The van der Waals surface area contributed by atoms with Crippen LogP contribution < -0.4 is 14.8 Å². The molecular weight excluding hydrogens is 312 g/mol. The second kappa shape index (κ2) is 5.05. The Kier molecular flexibility index (Phi) is 3.34. The number of hydrogen-bond acceptors (Lipinski definition) is 5. The molecule has 2 heterocycles. The molecule has 0 saturated carbocycles. The molecule has 1 aromatic heterocycles. The Morgan fingerprint density at radius 1 is 1.29 bits per heavy atom. The summed E-state index contributed by atoms with van der Waals surface area (Å²) in [6, 6.07) is 9.85. The summed E-state index contributed by atoms with van der Waals surface area (Å²) >= 11 is 1.12. The first-order valence-corrected chi connectivity index (χ1v) is 8.43. The molecule has 1 amide bonds. The van der Waals surface area contributed by atoms with Gasteiger partial charge >= 0.3 is 0 Å². The zero-order chi connectivity index (χ0) is 15.0. The Balaban J connectivity index is 2.11. The van der Waals surface area contributed by atoms with Crippen LogP contribution in [-0.2, 0) is 14.8 Å². The van der Waals surface area contributed by atoms with Gasteiger partial charge in [-0.05, 0) is 23.6 Å². The van der Waals surface area contributed by atoms with E-state index in [9.17, 15) is 13.2 Å². The highest BCUT2D eigenvalue weighted by molar-refractivity contribution is 7.94. The second-order valence-electron chi connectivity index (χ2n) is 4.44. The van der Waals surface area contributed by atoms with Crippen LogP contribution in [0.3, 0.4) is 0 Å². The minimum atomic E-state index is -3.73. The van der Waals surface area contributed by atoms with Crippen LogP contribution in [0, 0.1) is 0 Å². The molecule has 0 unspecified atom stereocenters. The van der Waals surface area contributed by atoms with E-state index in [1.807, 2.05) is 0 Å². The Hall–Kier alpha value is -2.06. The summed E-state index contributed by atoms with van der Waals surface area (Å²) in [7, 11) is -3.73. The molecule has 1 aliphatic heterocycles. The Labute approximate surface area is 125 Å². The van der Waals surface area contributed by atoms with Crippen molar-refractivity contribution >= 4 is 33.0 Å². The maximum atomic E-state index is 12.7. The number of nitrogens with zero attached hydrogens (tertiary/aromatic N) is 1. The first kappa shape index (κ1) is 13.9. The van der Waals surface area contributed by atoms with Crippen LogP contribution in [-0.4, -0.2) is 27.0 Å². The van der Waals surface area contributed by atoms with Crippen LogP contribution in [0.1, 0.15) is 0 Å². The van der Waals surface area contributed by atoms with Gasteiger partial charge in [0.25, 0.3) is 15.9 Å². The summed E-state index contributed by atoms with van der Waals surface area (Å²) in [5, 5.41) is 1.69. The van der Waals surface area contributed by atoms with Crippen LogP contribution in [0.5, 0.6) is 5.75 Å². The third kappa shape index (κ3) is 2.36. The molecule has 0 spiro atoms. The molecule has 3 rings (SSSR count). The quantitative estimate of drug-likeness (QED) is 0.918. The van der Waals surface area contributed by atoms with E-state index < -0.39 is 22.0 Å². The first-order valence-electron chi connectivity index (χ1n) is 6.11. The summed E-state index contributed by atoms with van der Waals surface area (Å²) in [6.07, 6.45) is -1.00. The van der Waals surface area contributed by atoms with E-state index >= 15 is 0 Å². The summed E-state index contributed by atoms with van der Waals surface area (Å²) < 4.78 is 32.3. The van der Waals surface area contributed by atoms with Crippen LogP contribution in [0.4, 0.5) is 5.69 Å². The maximum Gasteiger partial charge on any atom is 0.274 e. The third-order valence-corrected chi connectivity index (χ3v) is 6.24. The van der Waals surface area contributed by atoms with Crippen LogP contribution in [0.2, 0.25) is 0 Å².